The van der Waals surface area contributed by atoms with E-state index in [1.807, 2.05) is 0 Å². The number of hydrogen-bond donors (Lipinski definition) is 2. The van der Waals surface area contributed by atoms with Gasteiger partial charge in [0.05, 0.1) is 7.11 Å². The number of nitrogens with one attached hydrogen (secondary N) is 2. The van der Waals surface area contributed by atoms with E-state index in [1.54, 1.807) is 0 Å². The molecule has 116 valence electrons. The minimum atomic E-state index is -0.143. The van der Waals surface area contributed by atoms with Gasteiger partial charge in [0.25, 0.3) is 0 Å². The molecule has 1 aromatic rings. The molecule has 0 aliphatic heterocycles. The van der Waals surface area contributed by atoms with Crippen molar-refractivity contribution in [2.75, 3.05) is 19.0 Å². The third-order valence-electron chi connectivity index (χ3n) is 3.21. The van der Waals surface area contributed by atoms with Crippen LogP contribution in [-0.2, 0) is 9.53 Å². The second kappa shape index (κ2) is 9.34. The van der Waals surface area contributed by atoms with Crippen LogP contribution in [0, 0.1) is 13.8 Å². The van der Waals surface area contributed by atoms with Crippen LogP contribution in [0.25, 0.3) is 0 Å². The molecular formula is C16H24N2O2S. The van der Waals surface area contributed by atoms with E-state index in [0.717, 1.165) is 31.5 Å². The van der Waals surface area contributed by atoms with Crippen LogP contribution < -0.4 is 10.6 Å². The first-order valence-electron chi connectivity index (χ1n) is 7.22. The van der Waals surface area contributed by atoms with E-state index in [4.69, 9.17) is 12.2 Å². The Morgan fingerprint density at radius 1 is 1.24 bits per heavy atom. The van der Waals surface area contributed by atoms with Crippen LogP contribution in [0.5, 0.6) is 0 Å². The molecule has 0 bridgehead atoms. The van der Waals surface area contributed by atoms with Crippen LogP contribution >= 0.6 is 12.2 Å². The highest BCUT2D eigenvalue weighted by Gasteiger charge is 2.02. The van der Waals surface area contributed by atoms with E-state index in [9.17, 15) is 4.79 Å². The summed E-state index contributed by atoms with van der Waals surface area (Å²) in [6.07, 6.45) is 3.30. The van der Waals surface area contributed by atoms with E-state index in [0.29, 0.717) is 11.5 Å². The van der Waals surface area contributed by atoms with E-state index in [2.05, 4.69) is 47.4 Å². The van der Waals surface area contributed by atoms with E-state index in [1.165, 1.54) is 18.2 Å². The van der Waals surface area contributed by atoms with Crippen molar-refractivity contribution in [1.29, 1.82) is 0 Å². The summed E-state index contributed by atoms with van der Waals surface area (Å²) in [5, 5.41) is 7.04. The Labute approximate surface area is 132 Å². The fourth-order valence-electron chi connectivity index (χ4n) is 1.91. The van der Waals surface area contributed by atoms with Gasteiger partial charge in [-0.2, -0.15) is 0 Å². The number of methoxy groups -OCH3 is 1. The number of carbonyl (C=O) groups excluding carboxylic acids is 1. The molecule has 0 atom stereocenters. The number of ether oxygens (including phenoxy) is 1. The Balaban J connectivity index is 2.20. The highest BCUT2D eigenvalue weighted by Crippen LogP contribution is 2.16. The molecule has 1 aromatic carbocycles. The molecule has 4 nitrogen and oxygen atoms in total. The average molecular weight is 308 g/mol. The number of carbonyl (C=O) groups is 1. The van der Waals surface area contributed by atoms with E-state index < -0.39 is 0 Å². The first-order chi connectivity index (χ1) is 10.0. The van der Waals surface area contributed by atoms with Gasteiger partial charge in [-0.15, -0.1) is 0 Å². The van der Waals surface area contributed by atoms with Gasteiger partial charge in [-0.3, -0.25) is 4.79 Å². The molecule has 0 amide bonds. The van der Waals surface area contributed by atoms with Crippen molar-refractivity contribution in [3.63, 3.8) is 0 Å². The van der Waals surface area contributed by atoms with Crippen molar-refractivity contribution in [2.24, 2.45) is 0 Å². The Bertz CT molecular complexity index is 489. The number of anilines is 1. The van der Waals surface area contributed by atoms with Gasteiger partial charge in [-0.05, 0) is 56.1 Å². The summed E-state index contributed by atoms with van der Waals surface area (Å²) in [7, 11) is 1.42. The molecule has 0 aromatic heterocycles. The fraction of sp³-hybridized carbons (Fsp3) is 0.500. The van der Waals surface area contributed by atoms with Gasteiger partial charge in [0.15, 0.2) is 5.11 Å². The molecule has 5 heteroatoms. The molecule has 0 spiro atoms. The predicted molar refractivity (Wildman–Crippen MR) is 90.6 cm³/mol. The Morgan fingerprint density at radius 2 is 2.00 bits per heavy atom. The fourth-order valence-corrected chi connectivity index (χ4v) is 2.12. The summed E-state index contributed by atoms with van der Waals surface area (Å²) in [5.74, 6) is -0.143. The lowest BCUT2D eigenvalue weighted by Crippen LogP contribution is -2.29. The van der Waals surface area contributed by atoms with Crippen LogP contribution in [0.2, 0.25) is 0 Å². The predicted octanol–water partition coefficient (Wildman–Crippen LogP) is 3.32. The van der Waals surface area contributed by atoms with Crippen LogP contribution in [0.1, 0.15) is 36.8 Å². The summed E-state index contributed by atoms with van der Waals surface area (Å²) in [4.78, 5) is 10.9. The monoisotopic (exact) mass is 308 g/mol. The van der Waals surface area contributed by atoms with Gasteiger partial charge >= 0.3 is 5.97 Å². The number of rotatable bonds is 7. The Morgan fingerprint density at radius 3 is 2.71 bits per heavy atom. The van der Waals surface area contributed by atoms with Crippen molar-refractivity contribution >= 4 is 29.0 Å². The number of thiocarbonyl (C=S) groups is 1. The van der Waals surface area contributed by atoms with Gasteiger partial charge in [0, 0.05) is 18.7 Å². The largest absolute Gasteiger partial charge is 0.469 e. The second-order valence-electron chi connectivity index (χ2n) is 5.09. The van der Waals surface area contributed by atoms with Gasteiger partial charge < -0.3 is 15.4 Å². The van der Waals surface area contributed by atoms with Crippen molar-refractivity contribution < 1.29 is 9.53 Å². The molecule has 0 aliphatic rings. The summed E-state index contributed by atoms with van der Waals surface area (Å²) in [6, 6.07) is 6.24. The molecule has 0 saturated heterocycles. The van der Waals surface area contributed by atoms with Crippen LogP contribution in [-0.4, -0.2) is 24.7 Å². The summed E-state index contributed by atoms with van der Waals surface area (Å²) < 4.78 is 4.60. The van der Waals surface area contributed by atoms with Gasteiger partial charge in [-0.25, -0.2) is 0 Å². The van der Waals surface area contributed by atoms with Crippen LogP contribution in [0.3, 0.4) is 0 Å². The SMILES string of the molecule is COC(=O)CCCCCNC(=S)Nc1cc(C)ccc1C. The molecule has 1 rings (SSSR count). The topological polar surface area (TPSA) is 50.4 Å². The number of benzene rings is 1. The third-order valence-corrected chi connectivity index (χ3v) is 3.46. The highest BCUT2D eigenvalue weighted by atomic mass is 32.1. The number of hydrogen-bond acceptors (Lipinski definition) is 3. The van der Waals surface area contributed by atoms with Gasteiger partial charge in [-0.1, -0.05) is 18.6 Å². The maximum Gasteiger partial charge on any atom is 0.305 e. The zero-order chi connectivity index (χ0) is 15.7. The zero-order valence-corrected chi connectivity index (χ0v) is 13.8. The Hall–Kier alpha value is -1.62. The zero-order valence-electron chi connectivity index (χ0n) is 13.0. The van der Waals surface area contributed by atoms with Crippen molar-refractivity contribution in [1.82, 2.24) is 5.32 Å². The lowest BCUT2D eigenvalue weighted by atomic mass is 10.1. The average Bonchev–Trinajstić information content (AvgIpc) is 2.46. The minimum Gasteiger partial charge on any atom is -0.469 e. The molecule has 0 heterocycles. The minimum absolute atomic E-state index is 0.143. The first-order valence-corrected chi connectivity index (χ1v) is 7.62. The highest BCUT2D eigenvalue weighted by molar-refractivity contribution is 7.80. The standard InChI is InChI=1S/C16H24N2O2S/c1-12-8-9-13(2)14(11-12)18-16(21)17-10-6-4-5-7-15(19)20-3/h8-9,11H,4-7,10H2,1-3H3,(H2,17,18,21). The van der Waals surface area contributed by atoms with Crippen LogP contribution in [0.15, 0.2) is 18.2 Å². The van der Waals surface area contributed by atoms with E-state index >= 15 is 0 Å². The summed E-state index contributed by atoms with van der Waals surface area (Å²) in [6.45, 7) is 4.91. The molecular weight excluding hydrogens is 284 g/mol. The second-order valence-corrected chi connectivity index (χ2v) is 5.49. The van der Waals surface area contributed by atoms with Crippen molar-refractivity contribution in [2.45, 2.75) is 39.5 Å². The lowest BCUT2D eigenvalue weighted by molar-refractivity contribution is -0.140. The maximum atomic E-state index is 10.9. The molecule has 21 heavy (non-hydrogen) atoms. The molecule has 0 saturated carbocycles. The normalized spacial score (nSPS) is 10.0. The van der Waals surface area contributed by atoms with E-state index in [-0.39, 0.29) is 5.97 Å². The van der Waals surface area contributed by atoms with Crippen molar-refractivity contribution in [3.05, 3.63) is 29.3 Å². The smallest absolute Gasteiger partial charge is 0.305 e. The van der Waals surface area contributed by atoms with Gasteiger partial charge in [0.2, 0.25) is 0 Å². The Kier molecular flexibility index (Phi) is 7.75. The van der Waals surface area contributed by atoms with Gasteiger partial charge in [0.1, 0.15) is 0 Å². The first kappa shape index (κ1) is 17.4. The third kappa shape index (κ3) is 7.09. The molecule has 0 unspecified atom stereocenters. The maximum absolute atomic E-state index is 10.9. The van der Waals surface area contributed by atoms with Crippen LogP contribution in [0.4, 0.5) is 5.69 Å². The summed E-state index contributed by atoms with van der Waals surface area (Å²) in [5.41, 5.74) is 3.41. The number of esters is 1. The quantitative estimate of drug-likeness (QED) is 0.460. The number of aryl methyl sites for hydroxylation is 2. The molecule has 0 fully saturated rings. The lowest BCUT2D eigenvalue weighted by Gasteiger charge is -2.13. The number of unbranched alkanes of at least 4 members (excludes halogenated alkanes) is 2. The molecule has 0 radical (unpaired) electrons. The summed E-state index contributed by atoms with van der Waals surface area (Å²) >= 11 is 5.28. The molecule has 0 aliphatic carbocycles. The molecule has 2 N–H and O–H groups in total. The van der Waals surface area contributed by atoms with Crippen molar-refractivity contribution in [3.8, 4) is 0 Å².